The molecule has 2 N–H and O–H groups in total. The number of hydrogen-bond donors (Lipinski definition) is 2. The molecule has 1 aromatic carbocycles. The van der Waals surface area contributed by atoms with Crippen LogP contribution >= 0.6 is 0 Å². The lowest BCUT2D eigenvalue weighted by Gasteiger charge is -2.17. The smallest absolute Gasteiger partial charge is 0.0468 e. The Balaban J connectivity index is 2.60. The zero-order valence-corrected chi connectivity index (χ0v) is 9.52. The van der Waals surface area contributed by atoms with Crippen LogP contribution in [-0.2, 0) is 6.42 Å². The molecule has 0 bridgehead atoms. The van der Waals surface area contributed by atoms with Crippen LogP contribution in [0.1, 0.15) is 18.4 Å². The van der Waals surface area contributed by atoms with E-state index < -0.39 is 0 Å². The van der Waals surface area contributed by atoms with Crippen LogP contribution < -0.4 is 0 Å². The van der Waals surface area contributed by atoms with Crippen LogP contribution in [-0.4, -0.2) is 23.4 Å². The van der Waals surface area contributed by atoms with Crippen molar-refractivity contribution in [3.05, 3.63) is 54.0 Å². The first kappa shape index (κ1) is 12.9. The van der Waals surface area contributed by atoms with Gasteiger partial charge in [-0.1, -0.05) is 42.5 Å². The van der Waals surface area contributed by atoms with Gasteiger partial charge in [0, 0.05) is 19.1 Å². The second kappa shape index (κ2) is 7.20. The largest absolute Gasteiger partial charge is 0.396 e. The van der Waals surface area contributed by atoms with Gasteiger partial charge in [0.15, 0.2) is 0 Å². The minimum Gasteiger partial charge on any atom is -0.396 e. The number of rotatable bonds is 7. The van der Waals surface area contributed by atoms with Crippen LogP contribution in [0.5, 0.6) is 0 Å². The average molecular weight is 219 g/mol. The van der Waals surface area contributed by atoms with E-state index in [2.05, 4.69) is 18.7 Å². The molecule has 0 heterocycles. The van der Waals surface area contributed by atoms with Gasteiger partial charge in [-0.3, -0.25) is 0 Å². The molecule has 0 fully saturated rings. The van der Waals surface area contributed by atoms with Crippen LogP contribution in [0.4, 0.5) is 0 Å². The van der Waals surface area contributed by atoms with E-state index >= 15 is 0 Å². The Bertz CT molecular complexity index is 306. The normalized spacial score (nSPS) is 10.7. The molecule has 1 radical (unpaired) electrons. The number of aliphatic hydroxyl groups excluding tert-OH is 2. The highest BCUT2D eigenvalue weighted by Gasteiger charge is 2.13. The van der Waals surface area contributed by atoms with Crippen molar-refractivity contribution in [3.8, 4) is 0 Å². The minimum absolute atomic E-state index is 0.114. The van der Waals surface area contributed by atoms with Gasteiger partial charge in [-0.2, -0.15) is 0 Å². The second-order valence-electron chi connectivity index (χ2n) is 3.82. The Morgan fingerprint density at radius 1 is 1.00 bits per heavy atom. The molecule has 1 aromatic rings. The first-order valence-electron chi connectivity index (χ1n) is 5.56. The fraction of sp³-hybridized carbons (Fsp3) is 0.357. The summed E-state index contributed by atoms with van der Waals surface area (Å²) in [6.07, 6.45) is 2.02. The molecular weight excluding hydrogens is 200 g/mol. The van der Waals surface area contributed by atoms with Crippen molar-refractivity contribution < 1.29 is 10.2 Å². The number of aliphatic hydroxyl groups is 2. The summed E-state index contributed by atoms with van der Waals surface area (Å²) < 4.78 is 0. The summed E-state index contributed by atoms with van der Waals surface area (Å²) in [7, 11) is 0. The summed E-state index contributed by atoms with van der Waals surface area (Å²) in [5.41, 5.74) is 2.16. The summed E-state index contributed by atoms with van der Waals surface area (Å²) in [6, 6.07) is 10.1. The Hall–Kier alpha value is -1.12. The summed E-state index contributed by atoms with van der Waals surface area (Å²) in [5, 5.41) is 17.9. The number of hydrogen-bond acceptors (Lipinski definition) is 2. The van der Waals surface area contributed by atoms with Crippen LogP contribution in [0.25, 0.3) is 0 Å². The van der Waals surface area contributed by atoms with Gasteiger partial charge in [-0.05, 0) is 24.8 Å². The third-order valence-corrected chi connectivity index (χ3v) is 2.59. The van der Waals surface area contributed by atoms with Crippen molar-refractivity contribution in [3.63, 3.8) is 0 Å². The molecular formula is C14H19O2. The maximum absolute atomic E-state index is 9.01. The van der Waals surface area contributed by atoms with Gasteiger partial charge >= 0.3 is 0 Å². The SMILES string of the molecule is C=C(CCO)[C](CCO)Cc1ccccc1. The molecule has 2 heteroatoms. The van der Waals surface area contributed by atoms with Crippen molar-refractivity contribution in [1.82, 2.24) is 0 Å². The van der Waals surface area contributed by atoms with E-state index in [0.717, 1.165) is 17.9 Å². The molecule has 87 valence electrons. The molecule has 2 nitrogen and oxygen atoms in total. The zero-order valence-electron chi connectivity index (χ0n) is 9.52. The van der Waals surface area contributed by atoms with Crippen molar-refractivity contribution in [2.45, 2.75) is 19.3 Å². The van der Waals surface area contributed by atoms with Crippen LogP contribution in [0.2, 0.25) is 0 Å². The summed E-state index contributed by atoms with van der Waals surface area (Å²) in [4.78, 5) is 0. The molecule has 0 aromatic heterocycles. The Kier molecular flexibility index (Phi) is 5.83. The first-order chi connectivity index (χ1) is 7.77. The lowest BCUT2D eigenvalue weighted by Crippen LogP contribution is -2.08. The Morgan fingerprint density at radius 3 is 2.19 bits per heavy atom. The second-order valence-corrected chi connectivity index (χ2v) is 3.82. The predicted octanol–water partition coefficient (Wildman–Crippen LogP) is 2.12. The monoisotopic (exact) mass is 219 g/mol. The van der Waals surface area contributed by atoms with Gasteiger partial charge in [-0.15, -0.1) is 0 Å². The summed E-state index contributed by atoms with van der Waals surface area (Å²) in [6.45, 7) is 4.20. The van der Waals surface area contributed by atoms with E-state index in [4.69, 9.17) is 10.2 Å². The molecule has 1 rings (SSSR count). The minimum atomic E-state index is 0.114. The topological polar surface area (TPSA) is 40.5 Å². The Labute approximate surface area is 97.2 Å². The molecule has 0 saturated heterocycles. The Morgan fingerprint density at radius 2 is 1.62 bits per heavy atom. The van der Waals surface area contributed by atoms with Crippen LogP contribution in [0, 0.1) is 5.92 Å². The van der Waals surface area contributed by atoms with Crippen LogP contribution in [0.15, 0.2) is 42.5 Å². The van der Waals surface area contributed by atoms with Gasteiger partial charge in [0.25, 0.3) is 0 Å². The molecule has 0 atom stereocenters. The molecule has 0 aliphatic rings. The zero-order chi connectivity index (χ0) is 11.8. The maximum atomic E-state index is 9.01. The van der Waals surface area contributed by atoms with E-state index in [1.165, 1.54) is 5.56 Å². The van der Waals surface area contributed by atoms with Crippen LogP contribution in [0.3, 0.4) is 0 Å². The maximum Gasteiger partial charge on any atom is 0.0468 e. The molecule has 0 aliphatic heterocycles. The molecule has 0 spiro atoms. The van der Waals surface area contributed by atoms with E-state index in [0.29, 0.717) is 12.8 Å². The number of benzene rings is 1. The van der Waals surface area contributed by atoms with Gasteiger partial charge in [0.1, 0.15) is 0 Å². The highest BCUT2D eigenvalue weighted by Crippen LogP contribution is 2.23. The van der Waals surface area contributed by atoms with Gasteiger partial charge in [0.2, 0.25) is 0 Å². The summed E-state index contributed by atoms with van der Waals surface area (Å²) in [5.74, 6) is 1.13. The highest BCUT2D eigenvalue weighted by atomic mass is 16.3. The third kappa shape index (κ3) is 4.17. The van der Waals surface area contributed by atoms with E-state index in [9.17, 15) is 0 Å². The molecule has 0 aliphatic carbocycles. The average Bonchev–Trinajstić information content (AvgIpc) is 2.30. The fourth-order valence-electron chi connectivity index (χ4n) is 1.68. The third-order valence-electron chi connectivity index (χ3n) is 2.59. The van der Waals surface area contributed by atoms with Gasteiger partial charge in [-0.25, -0.2) is 0 Å². The quantitative estimate of drug-likeness (QED) is 0.737. The van der Waals surface area contributed by atoms with E-state index in [1.807, 2.05) is 18.2 Å². The molecule has 0 unspecified atom stereocenters. The van der Waals surface area contributed by atoms with Crippen molar-refractivity contribution in [2.24, 2.45) is 0 Å². The van der Waals surface area contributed by atoms with Gasteiger partial charge in [0.05, 0.1) is 0 Å². The lowest BCUT2D eigenvalue weighted by atomic mass is 9.88. The standard InChI is InChI=1S/C14H19O2/c1-12(7-9-15)14(8-10-16)11-13-5-3-2-4-6-13/h2-6,15-16H,1,7-11H2. The lowest BCUT2D eigenvalue weighted by molar-refractivity contribution is 0.285. The highest BCUT2D eigenvalue weighted by molar-refractivity contribution is 5.28. The van der Waals surface area contributed by atoms with Crippen molar-refractivity contribution in [2.75, 3.05) is 13.2 Å². The fourth-order valence-corrected chi connectivity index (χ4v) is 1.68. The molecule has 0 amide bonds. The molecule has 16 heavy (non-hydrogen) atoms. The first-order valence-corrected chi connectivity index (χ1v) is 5.56. The van der Waals surface area contributed by atoms with Crippen molar-refractivity contribution >= 4 is 0 Å². The predicted molar refractivity (Wildman–Crippen MR) is 65.9 cm³/mol. The van der Waals surface area contributed by atoms with E-state index in [1.54, 1.807) is 0 Å². The van der Waals surface area contributed by atoms with E-state index in [-0.39, 0.29) is 13.2 Å². The summed E-state index contributed by atoms with van der Waals surface area (Å²) >= 11 is 0. The molecule has 0 saturated carbocycles. The van der Waals surface area contributed by atoms with Gasteiger partial charge < -0.3 is 10.2 Å². The van der Waals surface area contributed by atoms with Crippen molar-refractivity contribution in [1.29, 1.82) is 0 Å².